The molecule has 0 aromatic heterocycles. The third-order valence-electron chi connectivity index (χ3n) is 2.09. The van der Waals surface area contributed by atoms with Crippen LogP contribution < -0.4 is 5.48 Å². The molecule has 0 fully saturated rings. The van der Waals surface area contributed by atoms with E-state index in [1.807, 2.05) is 13.8 Å². The van der Waals surface area contributed by atoms with Crippen LogP contribution in [0.25, 0.3) is 0 Å². The van der Waals surface area contributed by atoms with E-state index < -0.39 is 10.8 Å². The smallest absolute Gasteiger partial charge is 0.274 e. The third-order valence-corrected chi connectivity index (χ3v) is 3.68. The molecule has 1 amide bonds. The van der Waals surface area contributed by atoms with Crippen molar-refractivity contribution >= 4 is 16.7 Å². The second-order valence-corrected chi connectivity index (χ2v) is 5.74. The van der Waals surface area contributed by atoms with Gasteiger partial charge in [0.15, 0.2) is 0 Å². The number of hydrogen-bond donors (Lipinski definition) is 1. The molecule has 1 aromatic rings. The Bertz CT molecular complexity index is 401. The van der Waals surface area contributed by atoms with E-state index in [-0.39, 0.29) is 11.2 Å². The number of benzene rings is 1. The average Bonchev–Trinajstić information content (AvgIpc) is 2.35. The lowest BCUT2D eigenvalue weighted by Gasteiger charge is -2.07. The molecule has 0 spiro atoms. The molecule has 0 aliphatic carbocycles. The fraction of sp³-hybridized carbons (Fsp3) is 0.417. The summed E-state index contributed by atoms with van der Waals surface area (Å²) in [6.07, 6.45) is 0. The Morgan fingerprint density at radius 2 is 1.94 bits per heavy atom. The molecule has 0 aliphatic heterocycles. The summed E-state index contributed by atoms with van der Waals surface area (Å²) < 4.78 is 11.8. The fourth-order valence-corrected chi connectivity index (χ4v) is 2.16. The second-order valence-electron chi connectivity index (χ2n) is 3.73. The summed E-state index contributed by atoms with van der Waals surface area (Å²) in [4.78, 5) is 17.0. The largest absolute Gasteiger partial charge is 0.274 e. The summed E-state index contributed by atoms with van der Waals surface area (Å²) in [5.74, 6) is -0.297. The maximum atomic E-state index is 11.8. The highest BCUT2D eigenvalue weighted by molar-refractivity contribution is 7.85. The van der Waals surface area contributed by atoms with Gasteiger partial charge in [0.25, 0.3) is 5.91 Å². The summed E-state index contributed by atoms with van der Waals surface area (Å²) in [7, 11) is -1.02. The van der Waals surface area contributed by atoms with Crippen LogP contribution in [-0.4, -0.2) is 22.0 Å². The van der Waals surface area contributed by atoms with Crippen molar-refractivity contribution in [2.24, 2.45) is 0 Å². The normalized spacial score (nSPS) is 12.5. The number of nitrogens with one attached hydrogen (secondary N) is 1. The minimum Gasteiger partial charge on any atom is -0.274 e. The predicted octanol–water partition coefficient (Wildman–Crippen LogP) is 1.88. The topological polar surface area (TPSA) is 55.4 Å². The van der Waals surface area contributed by atoms with Crippen molar-refractivity contribution in [3.63, 3.8) is 0 Å². The van der Waals surface area contributed by atoms with Crippen LogP contribution in [0.4, 0.5) is 0 Å². The van der Waals surface area contributed by atoms with Gasteiger partial charge in [-0.1, -0.05) is 13.8 Å². The van der Waals surface area contributed by atoms with Crippen LogP contribution in [0.2, 0.25) is 0 Å². The molecule has 1 N–H and O–H groups in total. The molecular formula is C12H17NO3S. The number of carbonyl (C=O) groups excluding carboxylic acids is 1. The molecule has 94 valence electrons. The fourth-order valence-electron chi connectivity index (χ4n) is 1.21. The Morgan fingerprint density at radius 3 is 2.41 bits per heavy atom. The Balaban J connectivity index is 2.74. The van der Waals surface area contributed by atoms with Gasteiger partial charge in [0.1, 0.15) is 0 Å². The highest BCUT2D eigenvalue weighted by atomic mass is 32.2. The predicted molar refractivity (Wildman–Crippen MR) is 67.1 cm³/mol. The SMILES string of the molecule is CCONC(=O)c1ccc([S@](=O)C(C)C)cc1. The molecule has 0 saturated carbocycles. The van der Waals surface area contributed by atoms with Crippen molar-refractivity contribution in [1.82, 2.24) is 5.48 Å². The lowest BCUT2D eigenvalue weighted by molar-refractivity contribution is 0.0364. The Hall–Kier alpha value is -1.20. The van der Waals surface area contributed by atoms with E-state index >= 15 is 0 Å². The summed E-state index contributed by atoms with van der Waals surface area (Å²) >= 11 is 0. The lowest BCUT2D eigenvalue weighted by Crippen LogP contribution is -2.23. The van der Waals surface area contributed by atoms with Crippen LogP contribution in [0.3, 0.4) is 0 Å². The lowest BCUT2D eigenvalue weighted by atomic mass is 10.2. The standard InChI is InChI=1S/C12H17NO3S/c1-4-16-13-12(14)10-5-7-11(8-6-10)17(15)9(2)3/h5-9H,4H2,1-3H3,(H,13,14)/t17-/m1/s1. The van der Waals surface area contributed by atoms with Crippen LogP contribution in [0.15, 0.2) is 29.2 Å². The number of carbonyl (C=O) groups is 1. The minimum atomic E-state index is -1.02. The number of hydroxylamine groups is 1. The first-order valence-corrected chi connectivity index (χ1v) is 6.70. The van der Waals surface area contributed by atoms with Gasteiger partial charge in [-0.05, 0) is 31.2 Å². The van der Waals surface area contributed by atoms with Gasteiger partial charge >= 0.3 is 0 Å². The van der Waals surface area contributed by atoms with Crippen molar-refractivity contribution in [2.45, 2.75) is 30.9 Å². The van der Waals surface area contributed by atoms with Crippen molar-refractivity contribution < 1.29 is 13.8 Å². The van der Waals surface area contributed by atoms with Crippen molar-refractivity contribution in [1.29, 1.82) is 0 Å². The van der Waals surface area contributed by atoms with Crippen molar-refractivity contribution in [2.75, 3.05) is 6.61 Å². The summed E-state index contributed by atoms with van der Waals surface area (Å²) in [5, 5.41) is 0.0677. The van der Waals surface area contributed by atoms with Crippen LogP contribution >= 0.6 is 0 Å². The van der Waals surface area contributed by atoms with Crippen LogP contribution in [0, 0.1) is 0 Å². The van der Waals surface area contributed by atoms with Gasteiger partial charge in [-0.2, -0.15) is 0 Å². The molecule has 0 radical (unpaired) electrons. The van der Waals surface area contributed by atoms with E-state index in [1.165, 1.54) is 0 Å². The quantitative estimate of drug-likeness (QED) is 0.817. The average molecular weight is 255 g/mol. The first kappa shape index (κ1) is 13.9. The van der Waals surface area contributed by atoms with Gasteiger partial charge in [-0.3, -0.25) is 13.8 Å². The number of rotatable bonds is 5. The van der Waals surface area contributed by atoms with Crippen LogP contribution in [0.5, 0.6) is 0 Å². The monoisotopic (exact) mass is 255 g/mol. The van der Waals surface area contributed by atoms with Gasteiger partial charge in [0.05, 0.1) is 17.4 Å². The zero-order chi connectivity index (χ0) is 12.8. The molecular weight excluding hydrogens is 238 g/mol. The van der Waals surface area contributed by atoms with Gasteiger partial charge < -0.3 is 0 Å². The molecule has 0 heterocycles. The zero-order valence-corrected chi connectivity index (χ0v) is 11.0. The van der Waals surface area contributed by atoms with Gasteiger partial charge in [0, 0.05) is 15.7 Å². The molecule has 0 saturated heterocycles. The number of hydrogen-bond acceptors (Lipinski definition) is 3. The molecule has 0 bridgehead atoms. The van der Waals surface area contributed by atoms with Crippen LogP contribution in [0.1, 0.15) is 31.1 Å². The second kappa shape index (κ2) is 6.51. The van der Waals surface area contributed by atoms with E-state index in [0.717, 1.165) is 4.90 Å². The number of amides is 1. The first-order chi connectivity index (χ1) is 8.06. The van der Waals surface area contributed by atoms with E-state index in [1.54, 1.807) is 31.2 Å². The van der Waals surface area contributed by atoms with Gasteiger partial charge in [0.2, 0.25) is 0 Å². The van der Waals surface area contributed by atoms with E-state index in [4.69, 9.17) is 4.84 Å². The van der Waals surface area contributed by atoms with Crippen LogP contribution in [-0.2, 0) is 15.6 Å². The maximum Gasteiger partial charge on any atom is 0.274 e. The summed E-state index contributed by atoms with van der Waals surface area (Å²) in [5.41, 5.74) is 2.79. The summed E-state index contributed by atoms with van der Waals surface area (Å²) in [6, 6.07) is 6.70. The Morgan fingerprint density at radius 1 is 1.35 bits per heavy atom. The first-order valence-electron chi connectivity index (χ1n) is 5.49. The molecule has 5 heteroatoms. The highest BCUT2D eigenvalue weighted by Gasteiger charge is 2.10. The van der Waals surface area contributed by atoms with Crippen molar-refractivity contribution in [3.8, 4) is 0 Å². The molecule has 0 unspecified atom stereocenters. The minimum absolute atomic E-state index is 0.0677. The molecule has 1 atom stereocenters. The van der Waals surface area contributed by atoms with E-state index in [0.29, 0.717) is 12.2 Å². The molecule has 4 nitrogen and oxygen atoms in total. The van der Waals surface area contributed by atoms with Gasteiger partial charge in [-0.15, -0.1) is 0 Å². The third kappa shape index (κ3) is 3.94. The summed E-state index contributed by atoms with van der Waals surface area (Å²) in [6.45, 7) is 5.99. The molecule has 1 rings (SSSR count). The van der Waals surface area contributed by atoms with Gasteiger partial charge in [-0.25, -0.2) is 5.48 Å². The molecule has 1 aromatic carbocycles. The highest BCUT2D eigenvalue weighted by Crippen LogP contribution is 2.12. The van der Waals surface area contributed by atoms with E-state index in [9.17, 15) is 9.00 Å². The Labute approximate surface area is 104 Å². The zero-order valence-electron chi connectivity index (χ0n) is 10.2. The molecule has 17 heavy (non-hydrogen) atoms. The van der Waals surface area contributed by atoms with E-state index in [2.05, 4.69) is 5.48 Å². The Kier molecular flexibility index (Phi) is 5.31. The van der Waals surface area contributed by atoms with Crippen molar-refractivity contribution in [3.05, 3.63) is 29.8 Å². The molecule has 0 aliphatic rings. The maximum absolute atomic E-state index is 11.8.